The predicted octanol–water partition coefficient (Wildman–Crippen LogP) is 3.00. The number of carbonyl (C=O) groups excluding carboxylic acids is 1. The van der Waals surface area contributed by atoms with Crippen LogP contribution in [0.3, 0.4) is 0 Å². The number of nitrogens with two attached hydrogens (primary N) is 1. The Morgan fingerprint density at radius 3 is 2.54 bits per heavy atom. The van der Waals surface area contributed by atoms with Crippen molar-refractivity contribution >= 4 is 42.4 Å². The first kappa shape index (κ1) is 26.5. The minimum atomic E-state index is -0.533. The number of rotatable bonds is 6. The van der Waals surface area contributed by atoms with Crippen LogP contribution in [0.4, 0.5) is 11.6 Å². The molecule has 0 spiro atoms. The number of nitrogen functional groups attached to an aromatic ring is 1. The molecule has 3 aromatic rings. The van der Waals surface area contributed by atoms with Gasteiger partial charge in [-0.2, -0.15) is 0 Å². The van der Waals surface area contributed by atoms with E-state index in [9.17, 15) is 9.59 Å². The Bertz CT molecular complexity index is 1250. The Labute approximate surface area is 216 Å². The van der Waals surface area contributed by atoms with E-state index in [1.807, 2.05) is 13.0 Å². The van der Waals surface area contributed by atoms with Gasteiger partial charge in [-0.25, -0.2) is 9.97 Å². The van der Waals surface area contributed by atoms with Gasteiger partial charge in [0.25, 0.3) is 5.56 Å². The number of amides is 1. The third-order valence-electron chi connectivity index (χ3n) is 6.73. The Morgan fingerprint density at radius 1 is 1.14 bits per heavy atom. The number of benzene rings is 1. The number of hydrogen-bond acceptors (Lipinski definition) is 6. The maximum atomic E-state index is 13.2. The van der Waals surface area contributed by atoms with E-state index in [1.165, 1.54) is 11.1 Å². The van der Waals surface area contributed by atoms with Gasteiger partial charge in [0, 0.05) is 30.7 Å². The number of anilines is 2. The average molecular weight is 517 g/mol. The van der Waals surface area contributed by atoms with Crippen LogP contribution in [0.1, 0.15) is 40.5 Å². The quantitative estimate of drug-likeness (QED) is 0.463. The van der Waals surface area contributed by atoms with Crippen LogP contribution >= 0.6 is 24.8 Å². The van der Waals surface area contributed by atoms with Crippen LogP contribution in [0.25, 0.3) is 0 Å². The molecular weight excluding hydrogens is 487 g/mol. The van der Waals surface area contributed by atoms with Gasteiger partial charge in [0.15, 0.2) is 5.82 Å². The third kappa shape index (κ3) is 5.44. The SMILES string of the molecule is Cc1nc(N)ccc1CNC(=O)[C@@H]1CCc2cnc(NCC3Cc4ccccc4C3)c(=O)n21.Cl.Cl. The molecule has 1 aliphatic carbocycles. The summed E-state index contributed by atoms with van der Waals surface area (Å²) in [6.45, 7) is 2.88. The second-order valence-corrected chi connectivity index (χ2v) is 8.95. The van der Waals surface area contributed by atoms with Crippen molar-refractivity contribution in [3.05, 3.63) is 81.0 Å². The summed E-state index contributed by atoms with van der Waals surface area (Å²) in [6, 6.07) is 11.5. The zero-order valence-electron chi connectivity index (χ0n) is 19.5. The Kier molecular flexibility index (Phi) is 8.40. The van der Waals surface area contributed by atoms with Gasteiger partial charge in [-0.05, 0) is 61.3 Å². The van der Waals surface area contributed by atoms with Gasteiger partial charge < -0.3 is 16.4 Å². The van der Waals surface area contributed by atoms with Crippen molar-refractivity contribution in [3.63, 3.8) is 0 Å². The number of carbonyl (C=O) groups is 1. The van der Waals surface area contributed by atoms with E-state index < -0.39 is 6.04 Å². The van der Waals surface area contributed by atoms with Crippen molar-refractivity contribution in [1.29, 1.82) is 0 Å². The molecule has 0 bridgehead atoms. The summed E-state index contributed by atoms with van der Waals surface area (Å²) in [7, 11) is 0. The molecule has 0 saturated heterocycles. The number of halogens is 2. The molecular formula is C25H30Cl2N6O2. The minimum absolute atomic E-state index is 0. The summed E-state index contributed by atoms with van der Waals surface area (Å²) in [5.74, 6) is 1.02. The first-order valence-corrected chi connectivity index (χ1v) is 11.4. The average Bonchev–Trinajstić information content (AvgIpc) is 3.42. The maximum absolute atomic E-state index is 13.2. The Hall–Kier alpha value is -3.10. The molecule has 2 aromatic heterocycles. The number of hydrogen-bond donors (Lipinski definition) is 3. The summed E-state index contributed by atoms with van der Waals surface area (Å²) in [6.07, 6.45) is 4.96. The van der Waals surface area contributed by atoms with Crippen LogP contribution in [0.15, 0.2) is 47.4 Å². The summed E-state index contributed by atoms with van der Waals surface area (Å²) in [5.41, 5.74) is 10.7. The summed E-state index contributed by atoms with van der Waals surface area (Å²) in [5, 5.41) is 6.21. The number of fused-ring (bicyclic) bond motifs is 2. The second-order valence-electron chi connectivity index (χ2n) is 8.95. The molecule has 35 heavy (non-hydrogen) atoms. The maximum Gasteiger partial charge on any atom is 0.294 e. The number of pyridine rings is 1. The second kappa shape index (κ2) is 11.1. The van der Waals surface area contributed by atoms with Crippen LogP contribution < -0.4 is 21.9 Å². The summed E-state index contributed by atoms with van der Waals surface area (Å²) in [4.78, 5) is 34.8. The molecule has 1 atom stereocenters. The lowest BCUT2D eigenvalue weighted by molar-refractivity contribution is -0.124. The first-order chi connectivity index (χ1) is 16.0. The fourth-order valence-electron chi connectivity index (χ4n) is 4.94. The van der Waals surface area contributed by atoms with E-state index in [1.54, 1.807) is 16.8 Å². The van der Waals surface area contributed by atoms with Crippen LogP contribution in [0.5, 0.6) is 0 Å². The molecule has 1 amide bonds. The Balaban J connectivity index is 0.00000171. The monoisotopic (exact) mass is 516 g/mol. The molecule has 1 aliphatic heterocycles. The Morgan fingerprint density at radius 2 is 1.86 bits per heavy atom. The molecule has 0 fully saturated rings. The van der Waals surface area contributed by atoms with Crippen LogP contribution in [-0.2, 0) is 30.6 Å². The third-order valence-corrected chi connectivity index (χ3v) is 6.73. The van der Waals surface area contributed by atoms with Gasteiger partial charge in [-0.15, -0.1) is 24.8 Å². The van der Waals surface area contributed by atoms with E-state index in [2.05, 4.69) is 44.9 Å². The lowest BCUT2D eigenvalue weighted by Crippen LogP contribution is -2.36. The molecule has 1 aromatic carbocycles. The highest BCUT2D eigenvalue weighted by Crippen LogP contribution is 2.27. The van der Waals surface area contributed by atoms with Gasteiger partial charge in [0.05, 0.1) is 0 Å². The molecule has 3 heterocycles. The largest absolute Gasteiger partial charge is 0.384 e. The minimum Gasteiger partial charge on any atom is -0.384 e. The lowest BCUT2D eigenvalue weighted by Gasteiger charge is -2.17. The van der Waals surface area contributed by atoms with E-state index in [0.29, 0.717) is 43.5 Å². The molecule has 0 saturated carbocycles. The number of nitrogens with one attached hydrogen (secondary N) is 2. The van der Waals surface area contributed by atoms with Crippen LogP contribution in [-0.4, -0.2) is 27.0 Å². The van der Waals surface area contributed by atoms with Gasteiger partial charge in [0.1, 0.15) is 11.9 Å². The highest BCUT2D eigenvalue weighted by Gasteiger charge is 2.31. The number of nitrogens with zero attached hydrogens (tertiary/aromatic N) is 3. The van der Waals surface area contributed by atoms with Crippen molar-refractivity contribution in [1.82, 2.24) is 19.9 Å². The fraction of sp³-hybridized carbons (Fsp3) is 0.360. The molecule has 4 N–H and O–H groups in total. The molecule has 10 heteroatoms. The van der Waals surface area contributed by atoms with Crippen LogP contribution in [0.2, 0.25) is 0 Å². The zero-order valence-corrected chi connectivity index (χ0v) is 21.1. The highest BCUT2D eigenvalue weighted by molar-refractivity contribution is 5.85. The van der Waals surface area contributed by atoms with Crippen molar-refractivity contribution in [2.75, 3.05) is 17.6 Å². The van der Waals surface area contributed by atoms with Crippen molar-refractivity contribution < 1.29 is 4.79 Å². The standard InChI is InChI=1S/C25H28N6O2.2ClH/c1-15-19(6-9-22(26)30-15)13-29-24(32)21-8-7-20-14-28-23(25(33)31(20)21)27-12-16-10-17-4-2-3-5-18(17)11-16;;/h2-6,9,14,16,21H,7-8,10-13H2,1H3,(H2,26,30)(H,27,28)(H,29,32);2*1H/t21-;;/m0../s1. The van der Waals surface area contributed by atoms with Crippen molar-refractivity contribution in [2.24, 2.45) is 5.92 Å². The molecule has 2 aliphatic rings. The smallest absolute Gasteiger partial charge is 0.294 e. The lowest BCUT2D eigenvalue weighted by atomic mass is 10.1. The van der Waals surface area contributed by atoms with Gasteiger partial charge >= 0.3 is 0 Å². The van der Waals surface area contributed by atoms with Gasteiger partial charge in [-0.1, -0.05) is 30.3 Å². The first-order valence-electron chi connectivity index (χ1n) is 11.4. The normalized spacial score (nSPS) is 16.0. The topological polar surface area (TPSA) is 115 Å². The fourth-order valence-corrected chi connectivity index (χ4v) is 4.94. The van der Waals surface area contributed by atoms with E-state index in [-0.39, 0.29) is 36.3 Å². The van der Waals surface area contributed by atoms with Gasteiger partial charge in [0.2, 0.25) is 5.91 Å². The van der Waals surface area contributed by atoms with Crippen molar-refractivity contribution in [2.45, 2.75) is 45.2 Å². The van der Waals surface area contributed by atoms with Crippen molar-refractivity contribution in [3.8, 4) is 0 Å². The summed E-state index contributed by atoms with van der Waals surface area (Å²) < 4.78 is 1.60. The molecule has 0 unspecified atom stereocenters. The van der Waals surface area contributed by atoms with E-state index >= 15 is 0 Å². The molecule has 8 nitrogen and oxygen atoms in total. The van der Waals surface area contributed by atoms with Crippen LogP contribution in [0, 0.1) is 12.8 Å². The number of aryl methyl sites for hydroxylation is 2. The number of aromatic nitrogens is 3. The molecule has 0 radical (unpaired) electrons. The zero-order chi connectivity index (χ0) is 22.9. The predicted molar refractivity (Wildman–Crippen MR) is 141 cm³/mol. The summed E-state index contributed by atoms with van der Waals surface area (Å²) >= 11 is 0. The van der Waals surface area contributed by atoms with E-state index in [0.717, 1.165) is 29.8 Å². The highest BCUT2D eigenvalue weighted by atomic mass is 35.5. The van der Waals surface area contributed by atoms with Gasteiger partial charge in [-0.3, -0.25) is 14.2 Å². The van der Waals surface area contributed by atoms with E-state index in [4.69, 9.17) is 5.73 Å². The molecule has 186 valence electrons. The molecule has 5 rings (SSSR count).